The van der Waals surface area contributed by atoms with E-state index in [1.54, 1.807) is 18.2 Å². The molecule has 0 amide bonds. The van der Waals surface area contributed by atoms with Crippen LogP contribution < -0.4 is 5.56 Å². The minimum Gasteiger partial charge on any atom is -0.289 e. The predicted octanol–water partition coefficient (Wildman–Crippen LogP) is 5.34. The van der Waals surface area contributed by atoms with Crippen LogP contribution in [0.4, 0.5) is 0 Å². The molecule has 1 aromatic heterocycles. The number of aromatic nitrogens is 2. The van der Waals surface area contributed by atoms with Crippen molar-refractivity contribution in [2.75, 3.05) is 0 Å². The molecule has 1 heterocycles. The Labute approximate surface area is 185 Å². The summed E-state index contributed by atoms with van der Waals surface area (Å²) in [5, 5.41) is 6.15. The van der Waals surface area contributed by atoms with Gasteiger partial charge in [0.15, 0.2) is 5.78 Å². The fourth-order valence-corrected chi connectivity index (χ4v) is 3.94. The molecule has 5 aromatic rings. The maximum Gasteiger partial charge on any atom is 0.274 e. The second kappa shape index (κ2) is 8.44. The lowest BCUT2D eigenvalue weighted by Crippen LogP contribution is -2.25. The van der Waals surface area contributed by atoms with E-state index in [0.29, 0.717) is 16.5 Å². The van der Waals surface area contributed by atoms with Crippen LogP contribution in [0.15, 0.2) is 114 Å². The van der Waals surface area contributed by atoms with Crippen LogP contribution >= 0.6 is 0 Å². The molecule has 5 rings (SSSR count). The Hall–Kier alpha value is -4.31. The number of carbonyl (C=O) groups excluding carboxylic acids is 1. The predicted molar refractivity (Wildman–Crippen MR) is 127 cm³/mol. The number of nitrogens with zero attached hydrogens (tertiary/aromatic N) is 2. The quantitative estimate of drug-likeness (QED) is 0.363. The summed E-state index contributed by atoms with van der Waals surface area (Å²) in [6.45, 7) is 0.207. The molecule has 0 saturated carbocycles. The molecule has 32 heavy (non-hydrogen) atoms. The molecule has 4 heteroatoms. The van der Waals surface area contributed by atoms with Crippen molar-refractivity contribution in [2.45, 2.75) is 6.54 Å². The van der Waals surface area contributed by atoms with E-state index in [9.17, 15) is 9.59 Å². The van der Waals surface area contributed by atoms with Crippen LogP contribution in [-0.2, 0) is 6.54 Å². The molecular weight excluding hydrogens is 396 g/mol. The molecule has 4 aromatic carbocycles. The van der Waals surface area contributed by atoms with Crippen molar-refractivity contribution in [3.63, 3.8) is 0 Å². The Morgan fingerprint density at radius 3 is 2.03 bits per heavy atom. The molecule has 0 N–H and O–H groups in total. The topological polar surface area (TPSA) is 52.0 Å². The van der Waals surface area contributed by atoms with E-state index < -0.39 is 0 Å². The maximum atomic E-state index is 13.3. The summed E-state index contributed by atoms with van der Waals surface area (Å²) in [5.74, 6) is -0.0710. The van der Waals surface area contributed by atoms with Gasteiger partial charge in [-0.3, -0.25) is 9.59 Å². The number of hydrogen-bond acceptors (Lipinski definition) is 3. The molecule has 0 atom stereocenters. The van der Waals surface area contributed by atoms with Crippen molar-refractivity contribution in [3.05, 3.63) is 136 Å². The number of benzene rings is 4. The Morgan fingerprint density at radius 1 is 0.688 bits per heavy atom. The molecule has 4 nitrogen and oxygen atoms in total. The maximum absolute atomic E-state index is 13.3. The van der Waals surface area contributed by atoms with Gasteiger partial charge in [-0.1, -0.05) is 103 Å². The van der Waals surface area contributed by atoms with Crippen LogP contribution in [0.1, 0.15) is 21.5 Å². The first-order chi connectivity index (χ1) is 15.7. The number of fused-ring (bicyclic) bond motifs is 1. The zero-order valence-electron chi connectivity index (χ0n) is 17.3. The second-order valence-corrected chi connectivity index (χ2v) is 7.58. The summed E-state index contributed by atoms with van der Waals surface area (Å²) in [6, 6.07) is 33.9. The fraction of sp³-hybridized carbons (Fsp3) is 0.0357. The zero-order chi connectivity index (χ0) is 21.9. The summed E-state index contributed by atoms with van der Waals surface area (Å²) >= 11 is 0. The molecule has 0 bridgehead atoms. The molecule has 0 unspecified atom stereocenters. The largest absolute Gasteiger partial charge is 0.289 e. The third-order valence-corrected chi connectivity index (χ3v) is 5.53. The molecule has 0 radical (unpaired) electrons. The Bertz CT molecular complexity index is 1470. The normalized spacial score (nSPS) is 10.9. The number of ketones is 1. The Balaban J connectivity index is 1.64. The van der Waals surface area contributed by atoms with E-state index in [1.165, 1.54) is 4.68 Å². The van der Waals surface area contributed by atoms with E-state index in [2.05, 4.69) is 0 Å². The lowest BCUT2D eigenvalue weighted by Gasteiger charge is -2.13. The van der Waals surface area contributed by atoms with Gasteiger partial charge in [-0.2, -0.15) is 5.10 Å². The van der Waals surface area contributed by atoms with Gasteiger partial charge >= 0.3 is 0 Å². The number of hydrogen-bond donors (Lipinski definition) is 0. The summed E-state index contributed by atoms with van der Waals surface area (Å²) in [4.78, 5) is 26.4. The van der Waals surface area contributed by atoms with E-state index >= 15 is 0 Å². The van der Waals surface area contributed by atoms with E-state index in [4.69, 9.17) is 5.10 Å². The summed E-state index contributed by atoms with van der Waals surface area (Å²) in [5.41, 5.74) is 3.44. The molecule has 0 fully saturated rings. The van der Waals surface area contributed by atoms with E-state index in [0.717, 1.165) is 22.2 Å². The first-order valence-corrected chi connectivity index (χ1v) is 10.5. The average molecular weight is 416 g/mol. The first kappa shape index (κ1) is 19.6. The van der Waals surface area contributed by atoms with Gasteiger partial charge in [0.1, 0.15) is 0 Å². The van der Waals surface area contributed by atoms with Crippen molar-refractivity contribution < 1.29 is 4.79 Å². The SMILES string of the molecule is O=C(c1ccccc1)c1ccccc1Cn1nc(-c2ccccc2)c2ccccc2c1=O. The van der Waals surface area contributed by atoms with Gasteiger partial charge in [0.05, 0.1) is 17.6 Å². The van der Waals surface area contributed by atoms with Crippen molar-refractivity contribution >= 4 is 16.6 Å². The second-order valence-electron chi connectivity index (χ2n) is 7.58. The minimum absolute atomic E-state index is 0.0710. The third kappa shape index (κ3) is 3.63. The summed E-state index contributed by atoms with van der Waals surface area (Å²) < 4.78 is 1.46. The monoisotopic (exact) mass is 416 g/mol. The molecule has 0 aliphatic heterocycles. The van der Waals surface area contributed by atoms with Gasteiger partial charge in [0, 0.05) is 22.1 Å². The number of rotatable bonds is 5. The van der Waals surface area contributed by atoms with Gasteiger partial charge in [-0.05, 0) is 11.6 Å². The van der Waals surface area contributed by atoms with Gasteiger partial charge in [0.25, 0.3) is 5.56 Å². The third-order valence-electron chi connectivity index (χ3n) is 5.53. The highest BCUT2D eigenvalue weighted by Crippen LogP contribution is 2.25. The molecule has 0 spiro atoms. The van der Waals surface area contributed by atoms with Gasteiger partial charge in [-0.25, -0.2) is 4.68 Å². The first-order valence-electron chi connectivity index (χ1n) is 10.5. The van der Waals surface area contributed by atoms with Crippen LogP contribution in [-0.4, -0.2) is 15.6 Å². The molecular formula is C28H20N2O2. The summed E-state index contributed by atoms with van der Waals surface area (Å²) in [6.07, 6.45) is 0. The smallest absolute Gasteiger partial charge is 0.274 e. The minimum atomic E-state index is -0.178. The highest BCUT2D eigenvalue weighted by molar-refractivity contribution is 6.09. The van der Waals surface area contributed by atoms with Crippen LogP contribution in [0, 0.1) is 0 Å². The number of carbonyl (C=O) groups is 1. The van der Waals surface area contributed by atoms with Crippen LogP contribution in [0.5, 0.6) is 0 Å². The van der Waals surface area contributed by atoms with Crippen LogP contribution in [0.2, 0.25) is 0 Å². The van der Waals surface area contributed by atoms with E-state index in [1.807, 2.05) is 91.0 Å². The molecule has 154 valence electrons. The summed E-state index contributed by atoms with van der Waals surface area (Å²) in [7, 11) is 0. The molecule has 0 aliphatic carbocycles. The van der Waals surface area contributed by atoms with Gasteiger partial charge < -0.3 is 0 Å². The Kier molecular flexibility index (Phi) is 5.18. The zero-order valence-corrected chi connectivity index (χ0v) is 17.3. The van der Waals surface area contributed by atoms with Gasteiger partial charge in [-0.15, -0.1) is 0 Å². The van der Waals surface area contributed by atoms with Crippen LogP contribution in [0.25, 0.3) is 22.0 Å². The van der Waals surface area contributed by atoms with Gasteiger partial charge in [0.2, 0.25) is 0 Å². The van der Waals surface area contributed by atoms with Crippen molar-refractivity contribution in [1.82, 2.24) is 9.78 Å². The average Bonchev–Trinajstić information content (AvgIpc) is 2.87. The van der Waals surface area contributed by atoms with Crippen molar-refractivity contribution in [3.8, 4) is 11.3 Å². The lowest BCUT2D eigenvalue weighted by molar-refractivity contribution is 0.103. The molecule has 0 saturated heterocycles. The lowest BCUT2D eigenvalue weighted by atomic mass is 9.98. The standard InChI is InChI=1S/C28H20N2O2/c31-27(21-13-5-2-6-14-21)23-16-8-7-15-22(23)19-30-28(32)25-18-10-9-17-24(25)26(29-30)20-11-3-1-4-12-20/h1-18H,19H2. The molecule has 0 aliphatic rings. The highest BCUT2D eigenvalue weighted by Gasteiger charge is 2.16. The van der Waals surface area contributed by atoms with Crippen molar-refractivity contribution in [1.29, 1.82) is 0 Å². The highest BCUT2D eigenvalue weighted by atomic mass is 16.1. The Morgan fingerprint density at radius 2 is 1.28 bits per heavy atom. The van der Waals surface area contributed by atoms with E-state index in [-0.39, 0.29) is 17.9 Å². The fourth-order valence-electron chi connectivity index (χ4n) is 3.94. The van der Waals surface area contributed by atoms with Crippen LogP contribution in [0.3, 0.4) is 0 Å². The van der Waals surface area contributed by atoms with Crippen molar-refractivity contribution in [2.24, 2.45) is 0 Å².